The van der Waals surface area contributed by atoms with E-state index in [9.17, 15) is 14.4 Å². The highest BCUT2D eigenvalue weighted by atomic mass is 35.5. The van der Waals surface area contributed by atoms with Gasteiger partial charge in [0.15, 0.2) is 0 Å². The number of carboxylic acids is 1. The molecule has 2 rings (SSSR count). The number of carbonyl (C=O) groups is 2. The number of nitrogens with zero attached hydrogens (tertiary/aromatic N) is 2. The van der Waals surface area contributed by atoms with Crippen LogP contribution in [0.2, 0.25) is 5.02 Å². The van der Waals surface area contributed by atoms with E-state index >= 15 is 0 Å². The Morgan fingerprint density at radius 3 is 2.63 bits per heavy atom. The Labute approximate surface area is 160 Å². The summed E-state index contributed by atoms with van der Waals surface area (Å²) >= 11 is 6.21. The molecule has 0 bridgehead atoms. The monoisotopic (exact) mass is 393 g/mol. The highest BCUT2D eigenvalue weighted by Gasteiger charge is 2.22. The van der Waals surface area contributed by atoms with Crippen molar-refractivity contribution in [2.45, 2.75) is 32.2 Å². The first-order valence-electron chi connectivity index (χ1n) is 8.12. The average molecular weight is 394 g/mol. The zero-order valence-electron chi connectivity index (χ0n) is 15.2. The maximum atomic E-state index is 12.7. The first kappa shape index (κ1) is 20.4. The third-order valence-electron chi connectivity index (χ3n) is 3.89. The van der Waals surface area contributed by atoms with Crippen molar-refractivity contribution in [3.63, 3.8) is 0 Å². The molecule has 0 unspecified atom stereocenters. The van der Waals surface area contributed by atoms with E-state index in [0.717, 1.165) is 4.68 Å². The number of rotatable bonds is 7. The van der Waals surface area contributed by atoms with Gasteiger partial charge in [-0.15, -0.1) is 0 Å². The molecule has 0 aliphatic rings. The van der Waals surface area contributed by atoms with Crippen LogP contribution in [-0.4, -0.2) is 39.5 Å². The van der Waals surface area contributed by atoms with Gasteiger partial charge in [0, 0.05) is 12.0 Å². The normalized spacial score (nSPS) is 11.1. The van der Waals surface area contributed by atoms with Crippen LogP contribution >= 0.6 is 11.6 Å². The van der Waals surface area contributed by atoms with Gasteiger partial charge in [0.1, 0.15) is 5.02 Å². The van der Waals surface area contributed by atoms with Gasteiger partial charge >= 0.3 is 11.9 Å². The molecule has 1 aromatic carbocycles. The topological polar surface area (TPSA) is 111 Å². The van der Waals surface area contributed by atoms with Gasteiger partial charge < -0.3 is 15.2 Å². The number of para-hydroxylation sites is 1. The van der Waals surface area contributed by atoms with Crippen molar-refractivity contribution in [1.82, 2.24) is 9.78 Å². The molecular formula is C18H20ClN3O5. The van der Waals surface area contributed by atoms with Gasteiger partial charge in [0.05, 0.1) is 30.2 Å². The van der Waals surface area contributed by atoms with E-state index < -0.39 is 23.0 Å². The van der Waals surface area contributed by atoms with Gasteiger partial charge in [-0.3, -0.25) is 9.59 Å². The minimum Gasteiger partial charge on any atom is -0.481 e. The van der Waals surface area contributed by atoms with Gasteiger partial charge in [-0.2, -0.15) is 9.78 Å². The molecule has 144 valence electrons. The van der Waals surface area contributed by atoms with Crippen molar-refractivity contribution < 1.29 is 19.4 Å². The number of carbonyl (C=O) groups excluding carboxylic acids is 1. The Morgan fingerprint density at radius 2 is 2.00 bits per heavy atom. The third kappa shape index (κ3) is 4.85. The zero-order valence-corrected chi connectivity index (χ0v) is 15.9. The Hall–Kier alpha value is -2.87. The van der Waals surface area contributed by atoms with Gasteiger partial charge in [0.25, 0.3) is 5.56 Å². The summed E-state index contributed by atoms with van der Waals surface area (Å²) in [6.45, 7) is 3.59. The lowest BCUT2D eigenvalue weighted by molar-refractivity contribution is -0.137. The van der Waals surface area contributed by atoms with E-state index in [1.165, 1.54) is 19.4 Å². The fraction of sp³-hybridized carbons (Fsp3) is 0.333. The molecule has 1 heterocycles. The molecule has 9 heteroatoms. The molecule has 0 radical (unpaired) electrons. The summed E-state index contributed by atoms with van der Waals surface area (Å²) in [5.74, 6) is -1.52. The minimum atomic E-state index is -0.913. The number of aromatic nitrogens is 2. The van der Waals surface area contributed by atoms with Crippen molar-refractivity contribution in [3.8, 4) is 5.69 Å². The summed E-state index contributed by atoms with van der Waals surface area (Å²) in [4.78, 5) is 35.4. The largest absolute Gasteiger partial charge is 0.481 e. The van der Waals surface area contributed by atoms with Crippen LogP contribution in [-0.2, 0) is 9.53 Å². The number of esters is 1. The van der Waals surface area contributed by atoms with Crippen molar-refractivity contribution in [2.24, 2.45) is 0 Å². The predicted octanol–water partition coefficient (Wildman–Crippen LogP) is 2.73. The summed E-state index contributed by atoms with van der Waals surface area (Å²) in [6.07, 6.45) is 1.65. The average Bonchev–Trinajstić information content (AvgIpc) is 2.63. The Kier molecular flexibility index (Phi) is 6.22. The minimum absolute atomic E-state index is 0.0331. The van der Waals surface area contributed by atoms with Crippen molar-refractivity contribution in [2.75, 3.05) is 12.4 Å². The third-order valence-corrected chi connectivity index (χ3v) is 4.26. The summed E-state index contributed by atoms with van der Waals surface area (Å²) in [5.41, 5.74) is -0.538. The van der Waals surface area contributed by atoms with Crippen molar-refractivity contribution in [1.29, 1.82) is 0 Å². The van der Waals surface area contributed by atoms with Gasteiger partial charge in [-0.1, -0.05) is 23.7 Å². The number of nitrogens with one attached hydrogen (secondary N) is 1. The molecule has 2 N–H and O–H groups in total. The molecule has 0 aliphatic carbocycles. The number of aliphatic carboxylic acids is 1. The number of anilines is 1. The molecule has 0 atom stereocenters. The summed E-state index contributed by atoms with van der Waals surface area (Å²) in [5, 5.41) is 15.9. The number of benzene rings is 1. The quantitative estimate of drug-likeness (QED) is 0.695. The van der Waals surface area contributed by atoms with E-state index in [4.69, 9.17) is 21.4 Å². The van der Waals surface area contributed by atoms with Crippen LogP contribution in [0.15, 0.2) is 35.3 Å². The molecule has 0 saturated carbocycles. The number of carboxylic acid groups (broad SMARTS) is 1. The Morgan fingerprint density at radius 1 is 1.33 bits per heavy atom. The van der Waals surface area contributed by atoms with E-state index in [0.29, 0.717) is 6.42 Å². The van der Waals surface area contributed by atoms with Crippen LogP contribution in [0, 0.1) is 0 Å². The first-order valence-corrected chi connectivity index (χ1v) is 8.49. The number of methoxy groups -OCH3 is 1. The molecule has 8 nitrogen and oxygen atoms in total. The fourth-order valence-corrected chi connectivity index (χ4v) is 2.66. The summed E-state index contributed by atoms with van der Waals surface area (Å²) in [6, 6.07) is 6.37. The molecule has 0 amide bonds. The number of halogens is 1. The fourth-order valence-electron chi connectivity index (χ4n) is 2.48. The Balaban J connectivity index is 2.40. The number of ether oxygens (including phenoxy) is 1. The maximum Gasteiger partial charge on any atom is 0.340 e. The summed E-state index contributed by atoms with van der Waals surface area (Å²) in [7, 11) is 1.24. The first-order chi connectivity index (χ1) is 12.7. The molecule has 1 aromatic heterocycles. The molecule has 0 aliphatic heterocycles. The molecule has 0 fully saturated rings. The lowest BCUT2D eigenvalue weighted by atomic mass is 9.98. The maximum absolute atomic E-state index is 12.7. The second-order valence-electron chi connectivity index (χ2n) is 6.50. The van der Waals surface area contributed by atoms with E-state index in [2.05, 4.69) is 10.4 Å². The molecule has 0 saturated heterocycles. The number of hydrogen-bond acceptors (Lipinski definition) is 6. The highest BCUT2D eigenvalue weighted by molar-refractivity contribution is 6.33. The van der Waals surface area contributed by atoms with E-state index in [-0.39, 0.29) is 28.4 Å². The standard InChI is InChI=1S/C18H20ClN3O5/c1-18(2,9-8-14(23)24)21-12-10-20-22(16(25)15(12)19)13-7-5-4-6-11(13)17(26)27-3/h4-7,10,21H,8-9H2,1-3H3,(H,23,24). The second-order valence-corrected chi connectivity index (χ2v) is 6.88. The summed E-state index contributed by atoms with van der Waals surface area (Å²) < 4.78 is 5.75. The Bertz CT molecular complexity index is 923. The molecular weight excluding hydrogens is 374 g/mol. The van der Waals surface area contributed by atoms with Crippen LogP contribution in [0.1, 0.15) is 37.0 Å². The van der Waals surface area contributed by atoms with Gasteiger partial charge in [-0.05, 0) is 32.4 Å². The lowest BCUT2D eigenvalue weighted by Crippen LogP contribution is -2.33. The predicted molar refractivity (Wildman–Crippen MR) is 101 cm³/mol. The van der Waals surface area contributed by atoms with Gasteiger partial charge in [0.2, 0.25) is 0 Å². The van der Waals surface area contributed by atoms with Crippen LogP contribution in [0.5, 0.6) is 0 Å². The van der Waals surface area contributed by atoms with Crippen LogP contribution in [0.4, 0.5) is 5.69 Å². The smallest absolute Gasteiger partial charge is 0.340 e. The zero-order chi connectivity index (χ0) is 20.2. The van der Waals surface area contributed by atoms with Crippen molar-refractivity contribution in [3.05, 3.63) is 51.4 Å². The SMILES string of the molecule is COC(=O)c1ccccc1-n1ncc(NC(C)(C)CCC(=O)O)c(Cl)c1=O. The van der Waals surface area contributed by atoms with E-state index in [1.54, 1.807) is 32.0 Å². The van der Waals surface area contributed by atoms with E-state index in [1.807, 2.05) is 0 Å². The molecule has 0 spiro atoms. The van der Waals surface area contributed by atoms with Crippen LogP contribution in [0.25, 0.3) is 5.69 Å². The second kappa shape index (κ2) is 8.22. The highest BCUT2D eigenvalue weighted by Crippen LogP contribution is 2.24. The van der Waals surface area contributed by atoms with Crippen LogP contribution < -0.4 is 10.9 Å². The van der Waals surface area contributed by atoms with Crippen LogP contribution in [0.3, 0.4) is 0 Å². The molecule has 27 heavy (non-hydrogen) atoms. The number of hydrogen-bond donors (Lipinski definition) is 2. The lowest BCUT2D eigenvalue weighted by Gasteiger charge is -2.27. The van der Waals surface area contributed by atoms with Crippen molar-refractivity contribution >= 4 is 29.2 Å². The molecule has 2 aromatic rings. The van der Waals surface area contributed by atoms with Gasteiger partial charge in [-0.25, -0.2) is 4.79 Å².